The van der Waals surface area contributed by atoms with Gasteiger partial charge in [0.1, 0.15) is 6.04 Å². The Hall–Kier alpha value is -3.93. The predicted molar refractivity (Wildman–Crippen MR) is 133 cm³/mol. The van der Waals surface area contributed by atoms with Crippen LogP contribution in [0.1, 0.15) is 18.4 Å². The Balaban J connectivity index is 1.55. The number of aliphatic carboxylic acids is 1. The summed E-state index contributed by atoms with van der Waals surface area (Å²) >= 11 is 0. The van der Waals surface area contributed by atoms with Gasteiger partial charge >= 0.3 is 17.8 Å². The lowest BCUT2D eigenvalue weighted by atomic mass is 9.94. The number of alkyl halides is 3. The number of amides is 1. The summed E-state index contributed by atoms with van der Waals surface area (Å²) in [5, 5.41) is 13.5. The quantitative estimate of drug-likeness (QED) is 0.482. The highest BCUT2D eigenvalue weighted by atomic mass is 19.4. The molecule has 1 saturated heterocycles. The van der Waals surface area contributed by atoms with Crippen LogP contribution in [0.15, 0.2) is 58.3 Å². The minimum atomic E-state index is -4.32. The monoisotopic (exact) mass is 532 g/mol. The third-order valence-electron chi connectivity index (χ3n) is 6.78. The van der Waals surface area contributed by atoms with E-state index in [0.29, 0.717) is 22.0 Å². The van der Waals surface area contributed by atoms with Crippen molar-refractivity contribution >= 4 is 22.6 Å². The summed E-state index contributed by atoms with van der Waals surface area (Å²) in [7, 11) is 1.52. The van der Waals surface area contributed by atoms with Gasteiger partial charge in [-0.05, 0) is 42.9 Å². The first-order chi connectivity index (χ1) is 17.9. The Kier molecular flexibility index (Phi) is 7.72. The zero-order valence-corrected chi connectivity index (χ0v) is 20.6. The molecule has 2 N–H and O–H groups in total. The highest BCUT2D eigenvalue weighted by Crippen LogP contribution is 2.26. The number of carbonyl (C=O) groups is 2. The van der Waals surface area contributed by atoms with Crippen molar-refractivity contribution in [1.82, 2.24) is 19.4 Å². The smallest absolute Gasteiger partial charge is 0.401 e. The molecule has 0 radical (unpaired) electrons. The summed E-state index contributed by atoms with van der Waals surface area (Å²) in [4.78, 5) is 51.3. The maximum Gasteiger partial charge on any atom is 0.401 e. The topological polar surface area (TPSA) is 114 Å². The summed E-state index contributed by atoms with van der Waals surface area (Å²) < 4.78 is 40.2. The van der Waals surface area contributed by atoms with Crippen molar-refractivity contribution in [2.24, 2.45) is 13.0 Å². The molecule has 1 atom stereocenters. The van der Waals surface area contributed by atoms with Crippen LogP contribution in [0.5, 0.6) is 0 Å². The van der Waals surface area contributed by atoms with Crippen LogP contribution in [0.4, 0.5) is 13.2 Å². The van der Waals surface area contributed by atoms with E-state index in [0.717, 1.165) is 4.57 Å². The largest absolute Gasteiger partial charge is 0.480 e. The second-order valence-corrected chi connectivity index (χ2v) is 9.44. The molecule has 2 heterocycles. The van der Waals surface area contributed by atoms with Crippen molar-refractivity contribution < 1.29 is 27.9 Å². The number of halogens is 3. The van der Waals surface area contributed by atoms with Crippen molar-refractivity contribution in [3.05, 3.63) is 75.1 Å². The van der Waals surface area contributed by atoms with Gasteiger partial charge in [0, 0.05) is 37.0 Å². The molecule has 2 aromatic carbocycles. The van der Waals surface area contributed by atoms with Gasteiger partial charge in [0.25, 0.3) is 5.56 Å². The normalized spacial score (nSPS) is 15.9. The number of aromatic nitrogens is 2. The molecule has 0 bridgehead atoms. The molecule has 3 aromatic rings. The van der Waals surface area contributed by atoms with Crippen molar-refractivity contribution in [3.63, 3.8) is 0 Å². The predicted octanol–water partition coefficient (Wildman–Crippen LogP) is 2.08. The van der Waals surface area contributed by atoms with E-state index in [-0.39, 0.29) is 32.4 Å². The van der Waals surface area contributed by atoms with Gasteiger partial charge in [-0.1, -0.05) is 30.3 Å². The van der Waals surface area contributed by atoms with Crippen LogP contribution in [-0.4, -0.2) is 62.9 Å². The van der Waals surface area contributed by atoms with Crippen molar-refractivity contribution in [2.75, 3.05) is 19.6 Å². The Morgan fingerprint density at radius 2 is 1.71 bits per heavy atom. The number of hydrogen-bond acceptors (Lipinski definition) is 5. The summed E-state index contributed by atoms with van der Waals surface area (Å²) in [5.74, 6) is -2.35. The van der Waals surface area contributed by atoms with Crippen molar-refractivity contribution in [1.29, 1.82) is 0 Å². The second kappa shape index (κ2) is 10.8. The molecule has 1 amide bonds. The van der Waals surface area contributed by atoms with Crippen molar-refractivity contribution in [3.8, 4) is 5.69 Å². The molecule has 0 aliphatic carbocycles. The van der Waals surface area contributed by atoms with E-state index in [1.807, 2.05) is 0 Å². The lowest BCUT2D eigenvalue weighted by molar-refractivity contribution is -0.150. The molecule has 0 unspecified atom stereocenters. The number of carbonyl (C=O) groups excluding carboxylic acids is 1. The second-order valence-electron chi connectivity index (χ2n) is 9.44. The fraction of sp³-hybridized carbons (Fsp3) is 0.385. The molecular formula is C26H27F3N4O5. The first-order valence-corrected chi connectivity index (χ1v) is 12.1. The average molecular weight is 533 g/mol. The van der Waals surface area contributed by atoms with Crippen LogP contribution in [0, 0.1) is 5.92 Å². The number of carboxylic acids is 1. The van der Waals surface area contributed by atoms with Gasteiger partial charge in [0.15, 0.2) is 0 Å². The van der Waals surface area contributed by atoms with Crippen LogP contribution in [-0.2, 0) is 23.1 Å². The molecule has 1 aliphatic rings. The number of fused-ring (bicyclic) bond motifs is 1. The van der Waals surface area contributed by atoms with Gasteiger partial charge in [0.2, 0.25) is 5.91 Å². The molecule has 9 nitrogen and oxygen atoms in total. The third kappa shape index (κ3) is 5.96. The number of likely N-dealkylation sites (tertiary alicyclic amines) is 1. The van der Waals surface area contributed by atoms with Gasteiger partial charge in [-0.15, -0.1) is 0 Å². The maximum atomic E-state index is 12.8. The van der Waals surface area contributed by atoms with E-state index < -0.39 is 47.8 Å². The number of piperidine rings is 1. The average Bonchev–Trinajstić information content (AvgIpc) is 2.86. The molecule has 1 aromatic heterocycles. The van der Waals surface area contributed by atoms with E-state index in [1.165, 1.54) is 28.8 Å². The molecule has 38 heavy (non-hydrogen) atoms. The highest BCUT2D eigenvalue weighted by molar-refractivity contribution is 5.93. The van der Waals surface area contributed by atoms with Gasteiger partial charge in [-0.2, -0.15) is 13.2 Å². The van der Waals surface area contributed by atoms with Crippen LogP contribution in [0.3, 0.4) is 0 Å². The molecule has 0 saturated carbocycles. The van der Waals surface area contributed by atoms with Gasteiger partial charge < -0.3 is 15.0 Å². The SMILES string of the molecule is Cn1ccc(=O)n(-c2cccc3c(C[C@H](NC(=O)C4CCN(CC(F)(F)F)CC4)C(=O)O)cccc23)c1=O. The van der Waals surface area contributed by atoms with Crippen LogP contribution >= 0.6 is 0 Å². The number of rotatable bonds is 7. The van der Waals surface area contributed by atoms with E-state index in [2.05, 4.69) is 5.32 Å². The standard InChI is InChI=1S/C26H27F3N4O5/c1-31-11-10-22(34)33(25(31)38)21-7-3-5-18-17(4-2-6-19(18)21)14-20(24(36)37)30-23(35)16-8-12-32(13-9-16)15-26(27,28)29/h2-7,10-11,16,20H,8-9,12-15H2,1H3,(H,30,35)(H,36,37)/t20-/m0/s1. The number of nitrogens with one attached hydrogen (secondary N) is 1. The van der Waals surface area contributed by atoms with Gasteiger partial charge in [0.05, 0.1) is 12.2 Å². The summed E-state index contributed by atoms with van der Waals surface area (Å²) in [6.07, 6.45) is -2.61. The summed E-state index contributed by atoms with van der Waals surface area (Å²) in [6, 6.07) is 10.1. The number of benzene rings is 2. The Morgan fingerprint density at radius 3 is 2.37 bits per heavy atom. The fourth-order valence-electron chi connectivity index (χ4n) is 4.84. The Labute approximate surface area is 215 Å². The maximum absolute atomic E-state index is 12.8. The van der Waals surface area contributed by atoms with E-state index in [1.54, 1.807) is 36.4 Å². The fourth-order valence-corrected chi connectivity index (χ4v) is 4.84. The molecule has 4 rings (SSSR count). The number of aryl methyl sites for hydroxylation is 1. The van der Waals surface area contributed by atoms with E-state index in [4.69, 9.17) is 0 Å². The minimum absolute atomic E-state index is 0.0729. The molecule has 12 heteroatoms. The van der Waals surface area contributed by atoms with Crippen molar-refractivity contribution in [2.45, 2.75) is 31.5 Å². The molecule has 0 spiro atoms. The number of carboxylic acid groups (broad SMARTS) is 1. The van der Waals surface area contributed by atoms with E-state index >= 15 is 0 Å². The van der Waals surface area contributed by atoms with Crippen LogP contribution in [0.25, 0.3) is 16.5 Å². The Bertz CT molecular complexity index is 1470. The zero-order valence-electron chi connectivity index (χ0n) is 20.6. The molecule has 1 fully saturated rings. The molecular weight excluding hydrogens is 505 g/mol. The molecule has 202 valence electrons. The number of nitrogens with zero attached hydrogens (tertiary/aromatic N) is 3. The van der Waals surface area contributed by atoms with Crippen LogP contribution in [0.2, 0.25) is 0 Å². The van der Waals surface area contributed by atoms with Gasteiger partial charge in [-0.3, -0.25) is 14.5 Å². The lowest BCUT2D eigenvalue weighted by Crippen LogP contribution is -2.48. The minimum Gasteiger partial charge on any atom is -0.480 e. The lowest BCUT2D eigenvalue weighted by Gasteiger charge is -2.32. The summed E-state index contributed by atoms with van der Waals surface area (Å²) in [5.41, 5.74) is -0.120. The van der Waals surface area contributed by atoms with E-state index in [9.17, 15) is 37.5 Å². The Morgan fingerprint density at radius 1 is 1.05 bits per heavy atom. The van der Waals surface area contributed by atoms with Crippen LogP contribution < -0.4 is 16.6 Å². The highest BCUT2D eigenvalue weighted by Gasteiger charge is 2.34. The van der Waals surface area contributed by atoms with Gasteiger partial charge in [-0.25, -0.2) is 14.2 Å². The zero-order chi connectivity index (χ0) is 27.6. The first-order valence-electron chi connectivity index (χ1n) is 12.1. The number of hydrogen-bond donors (Lipinski definition) is 2. The third-order valence-corrected chi connectivity index (χ3v) is 6.78. The first kappa shape index (κ1) is 27.1. The summed E-state index contributed by atoms with van der Waals surface area (Å²) in [6.45, 7) is -0.844. The molecule has 1 aliphatic heterocycles.